The van der Waals surface area contributed by atoms with E-state index in [1.165, 1.54) is 11.1 Å². The van der Waals surface area contributed by atoms with E-state index < -0.39 is 26.3 Å². The highest BCUT2D eigenvalue weighted by Gasteiger charge is 2.63. The van der Waals surface area contributed by atoms with Gasteiger partial charge < -0.3 is 19.1 Å². The Kier molecular flexibility index (Phi) is 10.4. The lowest BCUT2D eigenvalue weighted by molar-refractivity contribution is -0.108. The average molecular weight is 842 g/mol. The first kappa shape index (κ1) is 39.7. The molecule has 2 saturated carbocycles. The van der Waals surface area contributed by atoms with Crippen molar-refractivity contribution in [2.24, 2.45) is 17.8 Å². The number of carbonyl (C=O) groups excluding carboxylic acids is 1. The van der Waals surface area contributed by atoms with Crippen LogP contribution in [-0.2, 0) is 37.8 Å². The third-order valence-corrected chi connectivity index (χ3v) is 17.7. The number of allylic oxidation sites excluding steroid dienone is 1. The maximum Gasteiger partial charge on any atom is 0.264 e. The number of methoxy groups -OCH3 is 1. The van der Waals surface area contributed by atoms with Crippen LogP contribution in [0, 0.1) is 17.8 Å². The summed E-state index contributed by atoms with van der Waals surface area (Å²) in [7, 11) is -2.22. The van der Waals surface area contributed by atoms with Crippen LogP contribution in [0.15, 0.2) is 78.9 Å². The maximum absolute atomic E-state index is 14.6. The monoisotopic (exact) mass is 840 g/mol. The molecular weight excluding hydrogens is 784 g/mol. The lowest BCUT2D eigenvalue weighted by atomic mass is 9.63. The van der Waals surface area contributed by atoms with Gasteiger partial charge in [0.2, 0.25) is 10.0 Å². The number of halogens is 1. The van der Waals surface area contributed by atoms with Crippen molar-refractivity contribution in [2.75, 3.05) is 77.6 Å². The van der Waals surface area contributed by atoms with Gasteiger partial charge in [-0.05, 0) is 116 Å². The van der Waals surface area contributed by atoms with Gasteiger partial charge >= 0.3 is 0 Å². The molecule has 12 heteroatoms. The molecule has 2 bridgehead atoms. The van der Waals surface area contributed by atoms with E-state index in [2.05, 4.69) is 43.7 Å². The van der Waals surface area contributed by atoms with Crippen molar-refractivity contribution in [2.45, 2.75) is 73.2 Å². The summed E-state index contributed by atoms with van der Waals surface area (Å²) in [5, 5.41) is 0.746. The number of sulfonamides is 1. The molecule has 10 nitrogen and oxygen atoms in total. The Labute approximate surface area is 354 Å². The first-order chi connectivity index (χ1) is 28.6. The number of ether oxygens (including phenoxy) is 3. The summed E-state index contributed by atoms with van der Waals surface area (Å²) in [6.45, 7) is 8.20. The number of hydrogen-bond donors (Lipinski definition) is 1. The van der Waals surface area contributed by atoms with Crippen LogP contribution in [0.4, 0.5) is 5.69 Å². The average Bonchev–Trinajstić information content (AvgIpc) is 3.97. The number of fused-ring (bicyclic) bond motifs is 6. The van der Waals surface area contributed by atoms with Crippen molar-refractivity contribution < 1.29 is 27.4 Å². The Hall–Kier alpha value is -3.45. The van der Waals surface area contributed by atoms with E-state index in [0.29, 0.717) is 55.7 Å². The topological polar surface area (TPSA) is 101 Å². The Morgan fingerprint density at radius 3 is 2.73 bits per heavy atom. The minimum Gasteiger partial charge on any atom is -0.490 e. The van der Waals surface area contributed by atoms with Gasteiger partial charge in [-0.25, -0.2) is 13.1 Å². The number of amides is 1. The van der Waals surface area contributed by atoms with Gasteiger partial charge in [-0.1, -0.05) is 60.2 Å². The van der Waals surface area contributed by atoms with Crippen molar-refractivity contribution in [3.63, 3.8) is 0 Å². The lowest BCUT2D eigenvalue weighted by Gasteiger charge is -2.53. The van der Waals surface area contributed by atoms with Gasteiger partial charge in [0.05, 0.1) is 30.3 Å². The van der Waals surface area contributed by atoms with Crippen molar-refractivity contribution in [3.8, 4) is 5.75 Å². The summed E-state index contributed by atoms with van der Waals surface area (Å²) in [5.41, 5.74) is 3.79. The summed E-state index contributed by atoms with van der Waals surface area (Å²) >= 11 is 6.55. The smallest absolute Gasteiger partial charge is 0.264 e. The molecule has 1 spiro atoms. The van der Waals surface area contributed by atoms with Crippen LogP contribution in [0.3, 0.4) is 0 Å². The first-order valence-electron chi connectivity index (χ1n) is 21.8. The third-order valence-electron chi connectivity index (χ3n) is 15.3. The number of hydrogen-bond acceptors (Lipinski definition) is 9. The second-order valence-electron chi connectivity index (χ2n) is 18.6. The molecule has 2 saturated heterocycles. The second-order valence-corrected chi connectivity index (χ2v) is 21.1. The quantitative estimate of drug-likeness (QED) is 0.299. The fourth-order valence-corrected chi connectivity index (χ4v) is 13.9. The van der Waals surface area contributed by atoms with Crippen molar-refractivity contribution in [1.29, 1.82) is 0 Å². The van der Waals surface area contributed by atoms with Gasteiger partial charge in [-0.2, -0.15) is 0 Å². The van der Waals surface area contributed by atoms with E-state index in [-0.39, 0.29) is 17.3 Å². The number of carbonyl (C=O) groups is 1. The van der Waals surface area contributed by atoms with Crippen molar-refractivity contribution in [3.05, 3.63) is 106 Å². The van der Waals surface area contributed by atoms with Crippen LogP contribution in [0.25, 0.3) is 0 Å². The maximum atomic E-state index is 14.6. The molecule has 7 aliphatic rings. The Morgan fingerprint density at radius 1 is 1.02 bits per heavy atom. The van der Waals surface area contributed by atoms with E-state index in [1.807, 2.05) is 55.6 Å². The molecule has 0 aromatic heterocycles. The number of aryl methyl sites for hydroxylation is 1. The summed E-state index contributed by atoms with van der Waals surface area (Å²) < 4.78 is 50.2. The molecule has 1 amide bonds. The van der Waals surface area contributed by atoms with Gasteiger partial charge in [0.25, 0.3) is 5.91 Å². The molecule has 10 rings (SSSR count). The zero-order valence-corrected chi connectivity index (χ0v) is 35.7. The number of nitrogens with one attached hydrogen (secondary N) is 1. The molecule has 7 atom stereocenters. The Bertz CT molecular complexity index is 2220. The van der Waals surface area contributed by atoms with Crippen molar-refractivity contribution >= 4 is 33.2 Å². The van der Waals surface area contributed by atoms with Crippen molar-refractivity contribution in [1.82, 2.24) is 14.5 Å². The molecule has 4 heterocycles. The highest BCUT2D eigenvalue weighted by molar-refractivity contribution is 7.91. The summed E-state index contributed by atoms with van der Waals surface area (Å²) in [6.07, 6.45) is 11.0. The zero-order chi connectivity index (χ0) is 40.4. The molecule has 4 fully saturated rings. The zero-order valence-electron chi connectivity index (χ0n) is 34.1. The molecule has 3 aliphatic carbocycles. The number of rotatable bonds is 5. The molecule has 59 heavy (non-hydrogen) atoms. The number of morpholine rings is 1. The summed E-state index contributed by atoms with van der Waals surface area (Å²) in [5.74, 6) is 0.522. The minimum absolute atomic E-state index is 0.146. The van der Waals surface area contributed by atoms with Crippen LogP contribution in [0.1, 0.15) is 65.6 Å². The van der Waals surface area contributed by atoms with Crippen LogP contribution in [-0.4, -0.2) is 113 Å². The number of anilines is 1. The van der Waals surface area contributed by atoms with Gasteiger partial charge in [-0.15, -0.1) is 0 Å². The molecule has 0 unspecified atom stereocenters. The summed E-state index contributed by atoms with van der Waals surface area (Å²) in [4.78, 5) is 21.8. The molecule has 314 valence electrons. The lowest BCUT2D eigenvalue weighted by Crippen LogP contribution is -2.62. The normalized spacial score (nSPS) is 34.7. The highest BCUT2D eigenvalue weighted by Crippen LogP contribution is 2.55. The van der Waals surface area contributed by atoms with Gasteiger partial charge in [0.1, 0.15) is 11.4 Å². The predicted octanol–water partition coefficient (Wildman–Crippen LogP) is 6.26. The van der Waals surface area contributed by atoms with Crippen LogP contribution in [0.2, 0.25) is 5.02 Å². The highest BCUT2D eigenvalue weighted by atomic mass is 35.5. The predicted molar refractivity (Wildman–Crippen MR) is 230 cm³/mol. The molecule has 1 N–H and O–H groups in total. The van der Waals surface area contributed by atoms with Gasteiger partial charge in [-0.3, -0.25) is 14.6 Å². The Morgan fingerprint density at radius 2 is 1.90 bits per heavy atom. The van der Waals surface area contributed by atoms with E-state index in [4.69, 9.17) is 25.8 Å². The van der Waals surface area contributed by atoms with E-state index >= 15 is 0 Å². The molecular formula is C47H57ClN4O6S. The first-order valence-corrected chi connectivity index (χ1v) is 23.6. The number of benzene rings is 3. The van der Waals surface area contributed by atoms with E-state index in [9.17, 15) is 13.2 Å². The molecule has 3 aromatic carbocycles. The van der Waals surface area contributed by atoms with E-state index in [1.54, 1.807) is 6.07 Å². The largest absolute Gasteiger partial charge is 0.490 e. The molecule has 3 aromatic rings. The fourth-order valence-electron chi connectivity index (χ4n) is 11.8. The summed E-state index contributed by atoms with van der Waals surface area (Å²) in [6, 6.07) is 21.9. The number of piperazine rings is 1. The minimum atomic E-state index is -4.10. The molecule has 4 aliphatic heterocycles. The Balaban J connectivity index is 1.05. The molecule has 0 radical (unpaired) electrons. The van der Waals surface area contributed by atoms with Crippen LogP contribution in [0.5, 0.6) is 5.75 Å². The fraction of sp³-hybridized carbons (Fsp3) is 0.553. The standard InChI is InChI=1S/C47H57ClN4O6S/c1-56-46(31-50-19-20-51-21-22-57-29-39(51)28-50)18-6-10-37-26-47(37,25-33-7-3-2-4-8-33)59(54,55)49-44(53)35-12-16-43-42(24-35)52(27-36-11-14-41(36)46)30-45(32-58-43)17-5-9-34-23-38(48)13-15-40(34)45/h2-4,6-8,12-13,15-16,18,23-24,36-37,39,41H,5,9-11,14,17,19-22,25-32H2,1H3,(H,49,53)/b18-6+/t36-,37+,39-,41+,45-,46-,47+/m0/s1. The van der Waals surface area contributed by atoms with Crippen LogP contribution >= 0.6 is 11.6 Å². The van der Waals surface area contributed by atoms with E-state index in [0.717, 1.165) is 101 Å². The van der Waals surface area contributed by atoms with Gasteiger partial charge in [0.15, 0.2) is 0 Å². The van der Waals surface area contributed by atoms with Crippen LogP contribution < -0.4 is 14.4 Å². The number of nitrogens with zero attached hydrogens (tertiary/aromatic N) is 3. The van der Waals surface area contributed by atoms with Gasteiger partial charge in [0, 0.05) is 75.0 Å². The second kappa shape index (κ2) is 15.5. The SMILES string of the molecule is CO[C@]1(CN2CCN3CCOC[C@@H]3C2)/C=C/C[C@@H]2C[C@@]2(Cc2ccccc2)S(=O)(=O)NC(=O)c2ccc3c(c2)N(C[C@@H]2CC[C@H]21)C[C@@]1(CCCc2cc(Cl)ccc21)CO3. The third kappa shape index (κ3) is 7.21.